The van der Waals surface area contributed by atoms with Gasteiger partial charge >= 0.3 is 0 Å². The molecule has 1 unspecified atom stereocenters. The van der Waals surface area contributed by atoms with Crippen LogP contribution in [0.2, 0.25) is 0 Å². The Morgan fingerprint density at radius 1 is 1.33 bits per heavy atom. The van der Waals surface area contributed by atoms with Crippen LogP contribution < -0.4 is 0 Å². The normalized spacial score (nSPS) is 22.7. The molecule has 134 valence electrons. The smallest absolute Gasteiger partial charge is 0.223 e. The van der Waals surface area contributed by atoms with Crippen LogP contribution in [-0.4, -0.2) is 76.6 Å². The molecule has 1 aromatic heterocycles. The zero-order valence-corrected chi connectivity index (χ0v) is 14.9. The van der Waals surface area contributed by atoms with E-state index in [-0.39, 0.29) is 0 Å². The number of aryl methyl sites for hydroxylation is 1. The van der Waals surface area contributed by atoms with E-state index >= 15 is 0 Å². The number of likely N-dealkylation sites (N-methyl/N-ethyl adjacent to an activating group) is 1. The lowest BCUT2D eigenvalue weighted by molar-refractivity contribution is -0.127. The largest absolute Gasteiger partial charge is 0.343 e. The van der Waals surface area contributed by atoms with Gasteiger partial charge in [0.15, 0.2) is 5.82 Å². The quantitative estimate of drug-likeness (QED) is 0.748. The highest BCUT2D eigenvalue weighted by Crippen LogP contribution is 2.17. The minimum Gasteiger partial charge on any atom is -0.343 e. The number of hydrogen-bond acceptors (Lipinski definition) is 6. The van der Waals surface area contributed by atoms with Gasteiger partial charge in [0.1, 0.15) is 0 Å². The van der Waals surface area contributed by atoms with Crippen molar-refractivity contribution in [3.63, 3.8) is 0 Å². The van der Waals surface area contributed by atoms with Gasteiger partial charge in [-0.1, -0.05) is 5.16 Å². The Bertz CT molecular complexity index is 547. The van der Waals surface area contributed by atoms with E-state index in [1.807, 2.05) is 11.8 Å². The van der Waals surface area contributed by atoms with Crippen molar-refractivity contribution < 1.29 is 9.32 Å². The van der Waals surface area contributed by atoms with E-state index in [0.717, 1.165) is 64.4 Å². The van der Waals surface area contributed by atoms with E-state index in [1.165, 1.54) is 12.8 Å². The molecule has 2 aliphatic rings. The molecule has 0 bridgehead atoms. The van der Waals surface area contributed by atoms with E-state index < -0.39 is 0 Å². The predicted octanol–water partition coefficient (Wildman–Crippen LogP) is 1.29. The van der Waals surface area contributed by atoms with Gasteiger partial charge in [0.25, 0.3) is 0 Å². The third-order valence-electron chi connectivity index (χ3n) is 5.15. The number of rotatable bonds is 7. The van der Waals surface area contributed by atoms with Gasteiger partial charge in [-0.05, 0) is 45.8 Å². The molecule has 1 amide bonds. The van der Waals surface area contributed by atoms with Crippen LogP contribution in [0.1, 0.15) is 43.8 Å². The molecule has 7 nitrogen and oxygen atoms in total. The Hall–Kier alpha value is -1.47. The highest BCUT2D eigenvalue weighted by molar-refractivity contribution is 5.77. The molecule has 3 rings (SSSR count). The summed E-state index contributed by atoms with van der Waals surface area (Å²) in [5.74, 6) is 1.74. The molecule has 7 heteroatoms. The van der Waals surface area contributed by atoms with Crippen LogP contribution in [0.5, 0.6) is 0 Å². The Morgan fingerprint density at radius 2 is 2.21 bits per heavy atom. The molecule has 0 saturated carbocycles. The Kier molecular flexibility index (Phi) is 5.84. The Balaban J connectivity index is 1.41. The van der Waals surface area contributed by atoms with Crippen LogP contribution in [0, 0.1) is 6.92 Å². The first kappa shape index (κ1) is 17.4. The minimum atomic E-state index is 0.330. The maximum absolute atomic E-state index is 11.7. The van der Waals surface area contributed by atoms with Gasteiger partial charge in [-0.3, -0.25) is 9.69 Å². The second-order valence-corrected chi connectivity index (χ2v) is 7.08. The summed E-state index contributed by atoms with van der Waals surface area (Å²) in [6.07, 6.45) is 5.27. The fourth-order valence-electron chi connectivity index (χ4n) is 3.77. The zero-order valence-electron chi connectivity index (χ0n) is 14.9. The second kappa shape index (κ2) is 8.07. The average Bonchev–Trinajstić information content (AvgIpc) is 3.16. The summed E-state index contributed by atoms with van der Waals surface area (Å²) in [6.45, 7) is 7.64. The maximum Gasteiger partial charge on any atom is 0.223 e. The molecule has 2 fully saturated rings. The van der Waals surface area contributed by atoms with Crippen LogP contribution >= 0.6 is 0 Å². The van der Waals surface area contributed by atoms with E-state index in [4.69, 9.17) is 4.52 Å². The number of piperidine rings is 1. The summed E-state index contributed by atoms with van der Waals surface area (Å²) < 4.78 is 5.06. The van der Waals surface area contributed by atoms with E-state index in [1.54, 1.807) is 0 Å². The molecule has 2 saturated heterocycles. The van der Waals surface area contributed by atoms with Crippen molar-refractivity contribution in [3.05, 3.63) is 11.7 Å². The topological polar surface area (TPSA) is 65.7 Å². The van der Waals surface area contributed by atoms with E-state index in [2.05, 4.69) is 27.0 Å². The summed E-state index contributed by atoms with van der Waals surface area (Å²) in [5.41, 5.74) is 0. The van der Waals surface area contributed by atoms with Gasteiger partial charge in [0.2, 0.25) is 11.8 Å². The van der Waals surface area contributed by atoms with Crippen LogP contribution in [0.3, 0.4) is 0 Å². The molecule has 0 N–H and O–H groups in total. The number of likely N-dealkylation sites (tertiary alicyclic amines) is 2. The van der Waals surface area contributed by atoms with E-state index in [0.29, 0.717) is 17.8 Å². The molecular weight excluding hydrogens is 306 g/mol. The summed E-state index contributed by atoms with van der Waals surface area (Å²) in [5, 5.41) is 4.00. The number of carbonyl (C=O) groups is 1. The van der Waals surface area contributed by atoms with Crippen molar-refractivity contribution in [2.75, 3.05) is 39.8 Å². The molecule has 1 aromatic rings. The molecule has 0 aliphatic carbocycles. The second-order valence-electron chi connectivity index (χ2n) is 7.08. The fourth-order valence-corrected chi connectivity index (χ4v) is 3.77. The van der Waals surface area contributed by atoms with Gasteiger partial charge in [-0.25, -0.2) is 0 Å². The summed E-state index contributed by atoms with van der Waals surface area (Å²) in [6, 6.07) is 0.570. The highest BCUT2D eigenvalue weighted by Gasteiger charge is 2.25. The molecule has 0 aromatic carbocycles. The van der Waals surface area contributed by atoms with Crippen molar-refractivity contribution in [3.8, 4) is 0 Å². The molecule has 2 aliphatic heterocycles. The van der Waals surface area contributed by atoms with Crippen molar-refractivity contribution in [1.82, 2.24) is 24.8 Å². The Morgan fingerprint density at radius 3 is 2.92 bits per heavy atom. The first-order valence-electron chi connectivity index (χ1n) is 9.11. The van der Waals surface area contributed by atoms with Gasteiger partial charge in [-0.15, -0.1) is 0 Å². The first-order chi connectivity index (χ1) is 11.6. The molecule has 3 heterocycles. The van der Waals surface area contributed by atoms with Gasteiger partial charge in [-0.2, -0.15) is 4.98 Å². The van der Waals surface area contributed by atoms with Crippen LogP contribution in [0.15, 0.2) is 4.52 Å². The first-order valence-corrected chi connectivity index (χ1v) is 9.11. The lowest BCUT2D eigenvalue weighted by Gasteiger charge is -2.37. The third-order valence-corrected chi connectivity index (χ3v) is 5.15. The molecule has 0 radical (unpaired) electrons. The van der Waals surface area contributed by atoms with Crippen molar-refractivity contribution in [2.45, 2.75) is 51.6 Å². The summed E-state index contributed by atoms with van der Waals surface area (Å²) >= 11 is 0. The van der Waals surface area contributed by atoms with E-state index in [9.17, 15) is 4.79 Å². The SMILES string of the molecule is Cc1nc(CN2CCCC(N(C)CCCN3CCCC3=O)C2)no1. The lowest BCUT2D eigenvalue weighted by atomic mass is 10.0. The molecule has 0 spiro atoms. The van der Waals surface area contributed by atoms with Crippen LogP contribution in [0.4, 0.5) is 0 Å². The van der Waals surface area contributed by atoms with Crippen LogP contribution in [0.25, 0.3) is 0 Å². The average molecular weight is 335 g/mol. The van der Waals surface area contributed by atoms with Gasteiger partial charge < -0.3 is 14.3 Å². The van der Waals surface area contributed by atoms with Crippen LogP contribution in [-0.2, 0) is 11.3 Å². The third kappa shape index (κ3) is 4.54. The number of nitrogens with zero attached hydrogens (tertiary/aromatic N) is 5. The number of aromatic nitrogens is 2. The molecule has 24 heavy (non-hydrogen) atoms. The number of carbonyl (C=O) groups excluding carboxylic acids is 1. The van der Waals surface area contributed by atoms with Crippen molar-refractivity contribution in [1.29, 1.82) is 0 Å². The molecule has 1 atom stereocenters. The standard InChI is InChI=1S/C17H29N5O2/c1-14-18-16(19-24-14)13-21-9-3-6-15(12-21)20(2)8-5-11-22-10-4-7-17(22)23/h15H,3-13H2,1-2H3. The number of hydrogen-bond donors (Lipinski definition) is 0. The maximum atomic E-state index is 11.7. The van der Waals surface area contributed by atoms with Crippen molar-refractivity contribution >= 4 is 5.91 Å². The minimum absolute atomic E-state index is 0.330. The number of amides is 1. The monoisotopic (exact) mass is 335 g/mol. The van der Waals surface area contributed by atoms with Crippen molar-refractivity contribution in [2.24, 2.45) is 0 Å². The van der Waals surface area contributed by atoms with Gasteiger partial charge in [0, 0.05) is 39.0 Å². The summed E-state index contributed by atoms with van der Waals surface area (Å²) in [7, 11) is 2.21. The highest BCUT2D eigenvalue weighted by atomic mass is 16.5. The molecular formula is C17H29N5O2. The Labute approximate surface area is 144 Å². The zero-order chi connectivity index (χ0) is 16.9. The fraction of sp³-hybridized carbons (Fsp3) is 0.824. The lowest BCUT2D eigenvalue weighted by Crippen LogP contribution is -2.46. The predicted molar refractivity (Wildman–Crippen MR) is 90.4 cm³/mol. The summed E-state index contributed by atoms with van der Waals surface area (Å²) in [4.78, 5) is 22.8. The van der Waals surface area contributed by atoms with Gasteiger partial charge in [0.05, 0.1) is 6.54 Å².